The lowest BCUT2D eigenvalue weighted by molar-refractivity contribution is -0.396. The highest BCUT2D eigenvalue weighted by Crippen LogP contribution is 2.82. The van der Waals surface area contributed by atoms with Crippen molar-refractivity contribution in [2.75, 3.05) is 59.5 Å². The molecule has 0 aromatic rings. The Balaban J connectivity index is 0.623. The fourth-order valence-corrected chi connectivity index (χ4v) is 24.3. The Morgan fingerprint density at radius 1 is 0.326 bits per heavy atom. The molecule has 3 saturated carbocycles. The van der Waals surface area contributed by atoms with Crippen LogP contribution in [0.5, 0.6) is 0 Å². The van der Waals surface area contributed by atoms with E-state index in [0.29, 0.717) is 32.1 Å². The van der Waals surface area contributed by atoms with Gasteiger partial charge >= 0.3 is 0 Å². The van der Waals surface area contributed by atoms with E-state index in [4.69, 9.17) is 85.3 Å². The summed E-state index contributed by atoms with van der Waals surface area (Å²) in [6, 6.07) is 0. The second-order valence-electron chi connectivity index (χ2n) is 41.1. The van der Waals surface area contributed by atoms with Crippen LogP contribution in [0.4, 0.5) is 0 Å². The van der Waals surface area contributed by atoms with Crippen LogP contribution in [0.1, 0.15) is 121 Å². The van der Waals surface area contributed by atoms with Gasteiger partial charge in [-0.05, 0) is 98.7 Å². The van der Waals surface area contributed by atoms with Crippen LogP contribution in [0.15, 0.2) is 11.6 Å². The Morgan fingerprint density at radius 3 is 0.919 bits per heavy atom. The van der Waals surface area contributed by atoms with Crippen molar-refractivity contribution in [1.29, 1.82) is 0 Å². The first-order chi connectivity index (χ1) is 63.4. The van der Waals surface area contributed by atoms with Crippen LogP contribution in [-0.4, -0.2) is 518 Å². The van der Waals surface area contributed by atoms with Crippen LogP contribution in [0.2, 0.25) is 0 Å². The van der Waals surface area contributed by atoms with Crippen LogP contribution < -0.4 is 0 Å². The molecule has 12 fully saturated rings. The van der Waals surface area contributed by atoms with Crippen molar-refractivity contribution in [3.8, 4) is 0 Å². The van der Waals surface area contributed by atoms with Gasteiger partial charge in [-0.15, -0.1) is 0 Å². The molecule has 0 aromatic heterocycles. The molecule has 784 valence electrons. The second kappa shape index (κ2) is 43.1. The molecule has 0 spiro atoms. The number of fused-ring (bicyclic) bond motifs is 5. The van der Waals surface area contributed by atoms with Gasteiger partial charge in [0.1, 0.15) is 220 Å². The van der Waals surface area contributed by atoms with E-state index < -0.39 is 392 Å². The van der Waals surface area contributed by atoms with E-state index in [1.807, 2.05) is 13.8 Å². The summed E-state index contributed by atoms with van der Waals surface area (Å²) in [4.78, 5) is 0. The standard InChI is InChI=1S/C86H146O49/c1-29(11-12-43(81(4,5)117)128-79-70(135-74-57(110)49(102)46(99)33(22-89)120-74)63(116)69(39(28-95)126-79)134-73-56(109)48(101)45(98)32(21-88)119-73)30-13-17-84(8)83(30,7)19-41(96)86(10)82(6)16-15-42(80(2,3)40(82)14-18-85(84,86)9)127-71-58(111)50(103)64(34(23-90)121-71)130-75-60(113)52(105)66(36(25-92)123-75)132-77-62(115)54(107)68(38(27-94)125-77)133-78-61(114)53(106)67(37(26-93)124-78)131-76-59(112)51(104)65(35(24-91)122-76)129-72-55(108)47(100)44(97)31(20-87)118-72/h14,29-39,41-79,87-117H,11-13,15-28H2,1-10H3/t29-,30?,31-,32-,33-,34-,35-,36-,37-,38-,39-,41?,42+,43-,44-,45-,46-,47+,48+,49+,50-,51-,52-,53-,54-,55-,56-,57-,58-,59-,60-,61-,62-,63+,64-,65-,66-,67-,68-,69-,70-,71?,72?,73?,74?,75?,76?,77?,78?,79?,82-,83-,84-,85+,86+/m1/s1. The molecule has 55 atom stereocenters. The molecule has 49 nitrogen and oxygen atoms in total. The fraction of sp³-hybridized carbons (Fsp3) is 0.977. The van der Waals surface area contributed by atoms with Gasteiger partial charge in [0, 0.05) is 10.8 Å². The number of allylic oxidation sites excluding steroid dienone is 1. The third kappa shape index (κ3) is 19.7. The summed E-state index contributed by atoms with van der Waals surface area (Å²) in [5, 5.41) is 343. The zero-order valence-electron chi connectivity index (χ0n) is 76.7. The van der Waals surface area contributed by atoms with Gasteiger partial charge in [-0.25, -0.2) is 0 Å². The van der Waals surface area contributed by atoms with Crippen molar-refractivity contribution in [1.82, 2.24) is 0 Å². The summed E-state index contributed by atoms with van der Waals surface area (Å²) in [6.07, 6.45) is -82.4. The fourth-order valence-electron chi connectivity index (χ4n) is 24.3. The van der Waals surface area contributed by atoms with Gasteiger partial charge in [0.25, 0.3) is 0 Å². The van der Waals surface area contributed by atoms with Crippen LogP contribution in [-0.2, 0) is 85.3 Å². The summed E-state index contributed by atoms with van der Waals surface area (Å²) < 4.78 is 107. The molecule has 31 N–H and O–H groups in total. The van der Waals surface area contributed by atoms with E-state index in [9.17, 15) is 158 Å². The van der Waals surface area contributed by atoms with Crippen molar-refractivity contribution in [3.05, 3.63) is 11.6 Å². The number of hydrogen-bond acceptors (Lipinski definition) is 49. The maximum Gasteiger partial charge on any atom is 0.187 e. The Hall–Kier alpha value is -2.22. The van der Waals surface area contributed by atoms with Crippen molar-refractivity contribution < 1.29 is 244 Å². The average molecular weight is 1960 g/mol. The van der Waals surface area contributed by atoms with Crippen LogP contribution in [0, 0.1) is 44.3 Å². The lowest BCUT2D eigenvalue weighted by atomic mass is 9.29. The highest BCUT2D eigenvalue weighted by atomic mass is 16.8. The van der Waals surface area contributed by atoms with Crippen LogP contribution >= 0.6 is 0 Å². The predicted molar refractivity (Wildman–Crippen MR) is 440 cm³/mol. The van der Waals surface area contributed by atoms with E-state index in [1.165, 1.54) is 13.8 Å². The predicted octanol–water partition coefficient (Wildman–Crippen LogP) is -13.3. The lowest BCUT2D eigenvalue weighted by Gasteiger charge is -2.75. The average Bonchev–Trinajstić information content (AvgIpc) is 1.59. The van der Waals surface area contributed by atoms with E-state index in [0.717, 1.165) is 18.4 Å². The molecular formula is C86H146O49. The Bertz CT molecular complexity index is 3790. The SMILES string of the molecule is C[C@H](CC[C@@H](OC1O[C@H](CO)[C@@H](OC2O[C@H](CO)[C@@H](O)[C@H](O)[C@H]2O)[C@H](O)[C@H]1OC1O[C@H](CO)[C@@H](O)[C@H](O)[C@H]1O)C(C)(C)O)C1CC[C@@]2(C)[C@]3(C)CC=C4C(C)(C)[C@@H](OC5O[C@H](CO)[C@@H](OC6O[C@H](CO)[C@@H](OC7O[C@H](CO)[C@@H](OC8O[C@H](CO)[C@@H](OC9O[C@H](CO)[C@@H](OC%10O[C@H](CO)[C@@H](O)[C@H](O)[C@H]%10O)[C@H](O)[C@H]9O)[C@H](O)[C@H]8O)[C@H](O)[C@H]7O)[C@H](O)[C@H]6O)[C@H](O)[C@H]5O)CC[C@@]4(C)[C@]3(C)C(O)C[C@]12C. The summed E-state index contributed by atoms with van der Waals surface area (Å²) in [6.45, 7) is 11.5. The van der Waals surface area contributed by atoms with E-state index in [2.05, 4.69) is 47.6 Å². The Labute approximate surface area is 777 Å². The number of aliphatic hydroxyl groups excluding tert-OH is 30. The van der Waals surface area contributed by atoms with Gasteiger partial charge < -0.3 is 244 Å². The number of rotatable bonds is 32. The Kier molecular flexibility index (Phi) is 35.1. The molecule has 0 aromatic carbocycles. The first kappa shape index (κ1) is 110. The first-order valence-electron chi connectivity index (χ1n) is 46.4. The largest absolute Gasteiger partial charge is 0.394 e. The molecule has 0 radical (unpaired) electrons. The van der Waals surface area contributed by atoms with Crippen molar-refractivity contribution >= 4 is 0 Å². The molecule has 9 aliphatic heterocycles. The van der Waals surface area contributed by atoms with Gasteiger partial charge in [-0.2, -0.15) is 0 Å². The molecule has 11 unspecified atom stereocenters. The zero-order chi connectivity index (χ0) is 99.4. The molecule has 9 heterocycles. The highest BCUT2D eigenvalue weighted by Gasteiger charge is 2.78. The van der Waals surface area contributed by atoms with Gasteiger partial charge in [-0.3, -0.25) is 0 Å². The minimum Gasteiger partial charge on any atom is -0.394 e. The minimum absolute atomic E-state index is 0.0452. The summed E-state index contributed by atoms with van der Waals surface area (Å²) >= 11 is 0. The highest BCUT2D eigenvalue weighted by molar-refractivity contribution is 5.39. The molecule has 9 saturated heterocycles. The molecule has 49 heteroatoms. The molecular weight excluding hydrogens is 1820 g/mol. The van der Waals surface area contributed by atoms with Gasteiger partial charge in [-0.1, -0.05) is 67.0 Å². The maximum absolute atomic E-state index is 13.4. The third-order valence-electron chi connectivity index (χ3n) is 33.0. The van der Waals surface area contributed by atoms with E-state index in [1.54, 1.807) is 0 Å². The second-order valence-corrected chi connectivity index (χ2v) is 41.1. The van der Waals surface area contributed by atoms with Gasteiger partial charge in [0.15, 0.2) is 56.6 Å². The van der Waals surface area contributed by atoms with Crippen molar-refractivity contribution in [2.24, 2.45) is 44.3 Å². The monoisotopic (exact) mass is 1960 g/mol. The summed E-state index contributed by atoms with van der Waals surface area (Å²) in [7, 11) is 0. The maximum atomic E-state index is 13.4. The molecule has 13 aliphatic rings. The molecule has 0 amide bonds. The van der Waals surface area contributed by atoms with E-state index in [-0.39, 0.29) is 18.3 Å². The minimum atomic E-state index is -2.25. The summed E-state index contributed by atoms with van der Waals surface area (Å²) in [5.74, 6) is -0.180. The smallest absolute Gasteiger partial charge is 0.187 e. The van der Waals surface area contributed by atoms with E-state index >= 15 is 0 Å². The van der Waals surface area contributed by atoms with Crippen LogP contribution in [0.25, 0.3) is 0 Å². The van der Waals surface area contributed by atoms with Crippen molar-refractivity contribution in [3.63, 3.8) is 0 Å². The number of aliphatic hydroxyl groups is 31. The Morgan fingerprint density at radius 2 is 0.607 bits per heavy atom. The lowest BCUT2D eigenvalue weighted by Crippen LogP contribution is -2.72. The third-order valence-corrected chi connectivity index (χ3v) is 33.0. The van der Waals surface area contributed by atoms with Crippen LogP contribution in [0.3, 0.4) is 0 Å². The van der Waals surface area contributed by atoms with Gasteiger partial charge in [0.05, 0.1) is 83.4 Å². The first-order valence-corrected chi connectivity index (χ1v) is 46.4. The molecule has 13 rings (SSSR count). The zero-order valence-corrected chi connectivity index (χ0v) is 76.7. The normalized spacial score (nSPS) is 53.1. The number of hydrogen-bond donors (Lipinski definition) is 31. The molecule has 0 bridgehead atoms. The summed E-state index contributed by atoms with van der Waals surface area (Å²) in [5.41, 5.74) is -4.76. The molecule has 4 aliphatic carbocycles. The van der Waals surface area contributed by atoms with Gasteiger partial charge in [0.2, 0.25) is 0 Å². The number of ether oxygens (including phenoxy) is 18. The van der Waals surface area contributed by atoms with Crippen molar-refractivity contribution in [2.45, 2.75) is 421 Å². The molecule has 135 heavy (non-hydrogen) atoms. The quantitative estimate of drug-likeness (QED) is 0.0278. The topological polar surface area (TPSA) is 793 Å².